The molecule has 2 N–H and O–H groups in total. The van der Waals surface area contributed by atoms with Crippen LogP contribution in [0.4, 0.5) is 0 Å². The third-order valence-electron chi connectivity index (χ3n) is 1.69. The van der Waals surface area contributed by atoms with E-state index in [0.717, 1.165) is 6.42 Å². The largest absolute Gasteiger partial charge is 0.383 e. The van der Waals surface area contributed by atoms with Crippen molar-refractivity contribution in [3.05, 3.63) is 0 Å². The van der Waals surface area contributed by atoms with Gasteiger partial charge in [-0.05, 0) is 20.3 Å². The Labute approximate surface area is 68.9 Å². The molecular weight excluding hydrogens is 142 g/mol. The Balaban J connectivity index is 3.64. The average Bonchev–Trinajstić information content (AvgIpc) is 1.87. The van der Waals surface area contributed by atoms with Gasteiger partial charge < -0.3 is 15.2 Å². The van der Waals surface area contributed by atoms with Crippen LogP contribution in [0.3, 0.4) is 0 Å². The van der Waals surface area contributed by atoms with Gasteiger partial charge in [0, 0.05) is 20.3 Å². The van der Waals surface area contributed by atoms with Crippen molar-refractivity contribution in [3.63, 3.8) is 0 Å². The predicted molar refractivity (Wildman–Crippen MR) is 45.6 cm³/mol. The molecule has 0 aliphatic heterocycles. The van der Waals surface area contributed by atoms with Gasteiger partial charge in [0.1, 0.15) is 0 Å². The zero-order chi connectivity index (χ0) is 8.91. The van der Waals surface area contributed by atoms with E-state index in [9.17, 15) is 0 Å². The molecule has 3 heteroatoms. The van der Waals surface area contributed by atoms with Gasteiger partial charge in [0.05, 0.1) is 12.2 Å². The van der Waals surface area contributed by atoms with E-state index in [1.165, 1.54) is 0 Å². The molecule has 0 aliphatic carbocycles. The summed E-state index contributed by atoms with van der Waals surface area (Å²) in [6, 6.07) is 0.0648. The lowest BCUT2D eigenvalue weighted by Crippen LogP contribution is -2.36. The Bertz CT molecular complexity index is 104. The van der Waals surface area contributed by atoms with Gasteiger partial charge >= 0.3 is 0 Å². The smallest absolute Gasteiger partial charge is 0.0638 e. The fourth-order valence-electron chi connectivity index (χ4n) is 0.988. The molecule has 0 bridgehead atoms. The fourth-order valence-corrected chi connectivity index (χ4v) is 0.988. The molecule has 68 valence electrons. The van der Waals surface area contributed by atoms with E-state index in [4.69, 9.17) is 15.2 Å². The molecule has 0 saturated carbocycles. The van der Waals surface area contributed by atoms with E-state index in [2.05, 4.69) is 0 Å². The first-order valence-electron chi connectivity index (χ1n) is 3.81. The zero-order valence-electron chi connectivity index (χ0n) is 7.89. The molecule has 1 atom stereocenters. The molecule has 0 fully saturated rings. The summed E-state index contributed by atoms with van der Waals surface area (Å²) in [5.74, 6) is 0. The third kappa shape index (κ3) is 5.18. The van der Waals surface area contributed by atoms with Gasteiger partial charge in [0.2, 0.25) is 0 Å². The summed E-state index contributed by atoms with van der Waals surface area (Å²) in [6.45, 7) is 4.62. The van der Waals surface area contributed by atoms with E-state index in [1.54, 1.807) is 14.2 Å². The molecule has 0 saturated heterocycles. The molecule has 1 unspecified atom stereocenters. The molecule has 3 nitrogen and oxygen atoms in total. The number of ether oxygens (including phenoxy) is 2. The first-order chi connectivity index (χ1) is 5.02. The van der Waals surface area contributed by atoms with Crippen LogP contribution in [0.1, 0.15) is 20.3 Å². The summed E-state index contributed by atoms with van der Waals surface area (Å²) in [7, 11) is 3.35. The van der Waals surface area contributed by atoms with Gasteiger partial charge in [-0.3, -0.25) is 0 Å². The number of nitrogens with two attached hydrogens (primary N) is 1. The van der Waals surface area contributed by atoms with Crippen molar-refractivity contribution in [3.8, 4) is 0 Å². The van der Waals surface area contributed by atoms with Crippen LogP contribution in [0.15, 0.2) is 0 Å². The Morgan fingerprint density at radius 1 is 1.36 bits per heavy atom. The number of rotatable bonds is 5. The van der Waals surface area contributed by atoms with E-state index in [0.29, 0.717) is 6.61 Å². The van der Waals surface area contributed by atoms with Crippen molar-refractivity contribution in [1.82, 2.24) is 0 Å². The molecule has 11 heavy (non-hydrogen) atoms. The highest BCUT2D eigenvalue weighted by molar-refractivity contribution is 4.75. The summed E-state index contributed by atoms with van der Waals surface area (Å²) >= 11 is 0. The van der Waals surface area contributed by atoms with Crippen LogP contribution >= 0.6 is 0 Å². The van der Waals surface area contributed by atoms with Gasteiger partial charge in [-0.15, -0.1) is 0 Å². The monoisotopic (exact) mass is 161 g/mol. The Morgan fingerprint density at radius 2 is 1.91 bits per heavy atom. The normalized spacial score (nSPS) is 15.0. The van der Waals surface area contributed by atoms with Crippen molar-refractivity contribution in [1.29, 1.82) is 0 Å². The third-order valence-corrected chi connectivity index (χ3v) is 1.69. The van der Waals surface area contributed by atoms with Crippen LogP contribution in [-0.4, -0.2) is 32.5 Å². The summed E-state index contributed by atoms with van der Waals surface area (Å²) in [5, 5.41) is 0. The maximum absolute atomic E-state index is 5.74. The Morgan fingerprint density at radius 3 is 2.27 bits per heavy atom. The molecule has 0 rings (SSSR count). The minimum Gasteiger partial charge on any atom is -0.383 e. The standard InChI is InChI=1S/C8H19NO2/c1-8(2,11-4)5-7(9)6-10-3/h7H,5-6,9H2,1-4H3. The molecule has 0 aromatic carbocycles. The molecular formula is C8H19NO2. The minimum atomic E-state index is -0.141. The minimum absolute atomic E-state index is 0.0648. The van der Waals surface area contributed by atoms with Gasteiger partial charge in [0.25, 0.3) is 0 Å². The second kappa shape index (κ2) is 4.70. The predicted octanol–water partition coefficient (Wildman–Crippen LogP) is 0.775. The van der Waals surface area contributed by atoms with Crippen molar-refractivity contribution in [2.45, 2.75) is 31.9 Å². The van der Waals surface area contributed by atoms with Crippen LogP contribution in [0, 0.1) is 0 Å². The van der Waals surface area contributed by atoms with E-state index >= 15 is 0 Å². The highest BCUT2D eigenvalue weighted by Gasteiger charge is 2.19. The molecule has 0 spiro atoms. The first kappa shape index (κ1) is 10.9. The van der Waals surface area contributed by atoms with Crippen LogP contribution in [-0.2, 0) is 9.47 Å². The molecule has 0 aromatic rings. The van der Waals surface area contributed by atoms with E-state index < -0.39 is 0 Å². The average molecular weight is 161 g/mol. The Hall–Kier alpha value is -0.120. The second-order valence-electron chi connectivity index (χ2n) is 3.38. The van der Waals surface area contributed by atoms with Crippen LogP contribution in [0.2, 0.25) is 0 Å². The lowest BCUT2D eigenvalue weighted by atomic mass is 10.00. The van der Waals surface area contributed by atoms with Gasteiger partial charge in [-0.2, -0.15) is 0 Å². The van der Waals surface area contributed by atoms with Crippen molar-refractivity contribution >= 4 is 0 Å². The summed E-state index contributed by atoms with van der Waals surface area (Å²) in [6.07, 6.45) is 0.817. The summed E-state index contributed by atoms with van der Waals surface area (Å²) in [5.41, 5.74) is 5.60. The zero-order valence-corrected chi connectivity index (χ0v) is 7.89. The van der Waals surface area contributed by atoms with Gasteiger partial charge in [-0.1, -0.05) is 0 Å². The van der Waals surface area contributed by atoms with Gasteiger partial charge in [0.15, 0.2) is 0 Å². The Kier molecular flexibility index (Phi) is 4.65. The molecule has 0 aliphatic rings. The van der Waals surface area contributed by atoms with Crippen LogP contribution in [0.5, 0.6) is 0 Å². The SMILES string of the molecule is COCC(N)CC(C)(C)OC. The lowest BCUT2D eigenvalue weighted by Gasteiger charge is -2.25. The first-order valence-corrected chi connectivity index (χ1v) is 3.81. The maximum atomic E-state index is 5.74. The van der Waals surface area contributed by atoms with Crippen molar-refractivity contribution in [2.24, 2.45) is 5.73 Å². The lowest BCUT2D eigenvalue weighted by molar-refractivity contribution is 0.00335. The van der Waals surface area contributed by atoms with Crippen molar-refractivity contribution < 1.29 is 9.47 Å². The van der Waals surface area contributed by atoms with E-state index in [-0.39, 0.29) is 11.6 Å². The number of hydrogen-bond donors (Lipinski definition) is 1. The highest BCUT2D eigenvalue weighted by atomic mass is 16.5. The molecule has 0 radical (unpaired) electrons. The van der Waals surface area contributed by atoms with Crippen LogP contribution < -0.4 is 5.73 Å². The number of hydrogen-bond acceptors (Lipinski definition) is 3. The molecule has 0 heterocycles. The van der Waals surface area contributed by atoms with Crippen molar-refractivity contribution in [2.75, 3.05) is 20.8 Å². The highest BCUT2D eigenvalue weighted by Crippen LogP contribution is 2.14. The quantitative estimate of drug-likeness (QED) is 0.648. The summed E-state index contributed by atoms with van der Waals surface area (Å²) < 4.78 is 10.1. The molecule has 0 amide bonds. The topological polar surface area (TPSA) is 44.5 Å². The molecule has 0 aromatic heterocycles. The second-order valence-corrected chi connectivity index (χ2v) is 3.38. The number of methoxy groups -OCH3 is 2. The maximum Gasteiger partial charge on any atom is 0.0638 e. The summed E-state index contributed by atoms with van der Waals surface area (Å²) in [4.78, 5) is 0. The fraction of sp³-hybridized carbons (Fsp3) is 1.00. The van der Waals surface area contributed by atoms with Crippen LogP contribution in [0.25, 0.3) is 0 Å². The van der Waals surface area contributed by atoms with Gasteiger partial charge in [-0.25, -0.2) is 0 Å². The van der Waals surface area contributed by atoms with E-state index in [1.807, 2.05) is 13.8 Å².